The first kappa shape index (κ1) is 14.5. The average molecular weight is 326 g/mol. The van der Waals surface area contributed by atoms with Crippen LogP contribution in [-0.4, -0.2) is 30.6 Å². The molecule has 2 unspecified atom stereocenters. The van der Waals surface area contributed by atoms with Gasteiger partial charge in [0.05, 0.1) is 12.0 Å². The van der Waals surface area contributed by atoms with Crippen molar-refractivity contribution in [1.82, 2.24) is 4.90 Å². The minimum absolute atomic E-state index is 0.0255. The third kappa shape index (κ3) is 3.37. The van der Waals surface area contributed by atoms with Gasteiger partial charge >= 0.3 is 0 Å². The quantitative estimate of drug-likeness (QED) is 0.850. The van der Waals surface area contributed by atoms with E-state index >= 15 is 0 Å². The van der Waals surface area contributed by atoms with Gasteiger partial charge in [-0.25, -0.2) is 0 Å². The zero-order valence-electron chi connectivity index (χ0n) is 11.4. The number of carbonyl (C=O) groups excluding carboxylic acids is 1. The number of hydrogen-bond donors (Lipinski definition) is 0. The van der Waals surface area contributed by atoms with Crippen LogP contribution in [0.1, 0.15) is 25.3 Å². The molecule has 0 saturated carbocycles. The third-order valence-corrected chi connectivity index (χ3v) is 4.44. The van der Waals surface area contributed by atoms with Gasteiger partial charge in [-0.2, -0.15) is 0 Å². The van der Waals surface area contributed by atoms with Crippen LogP contribution in [0.3, 0.4) is 0 Å². The normalized spacial score (nSPS) is 22.5. The maximum absolute atomic E-state index is 12.5. The van der Waals surface area contributed by atoms with E-state index in [0.717, 1.165) is 22.9 Å². The number of amides is 1. The van der Waals surface area contributed by atoms with Crippen LogP contribution in [-0.2, 0) is 16.1 Å². The lowest BCUT2D eigenvalue weighted by Gasteiger charge is -2.24. The van der Waals surface area contributed by atoms with Crippen LogP contribution < -0.4 is 0 Å². The number of halogens is 1. The summed E-state index contributed by atoms with van der Waals surface area (Å²) < 4.78 is 6.65. The highest BCUT2D eigenvalue weighted by atomic mass is 79.9. The average Bonchev–Trinajstić information content (AvgIpc) is 2.88. The predicted molar refractivity (Wildman–Crippen MR) is 78.8 cm³/mol. The molecule has 0 aromatic heterocycles. The van der Waals surface area contributed by atoms with E-state index in [1.165, 1.54) is 0 Å². The largest absolute Gasteiger partial charge is 0.377 e. The second kappa shape index (κ2) is 6.53. The lowest BCUT2D eigenvalue weighted by Crippen LogP contribution is -2.36. The van der Waals surface area contributed by atoms with Crippen molar-refractivity contribution in [3.63, 3.8) is 0 Å². The van der Waals surface area contributed by atoms with Crippen molar-refractivity contribution < 1.29 is 9.53 Å². The molecular weight excluding hydrogens is 306 g/mol. The smallest absolute Gasteiger partial charge is 0.228 e. The Morgan fingerprint density at radius 3 is 2.89 bits per heavy atom. The number of nitrogens with zero attached hydrogens (tertiary/aromatic N) is 1. The summed E-state index contributed by atoms with van der Waals surface area (Å²) in [6.45, 7) is 3.41. The van der Waals surface area contributed by atoms with Crippen LogP contribution in [0, 0.1) is 5.92 Å². The fourth-order valence-corrected chi connectivity index (χ4v) is 2.99. The molecule has 2 rings (SSSR count). The van der Waals surface area contributed by atoms with Crippen LogP contribution in [0.4, 0.5) is 0 Å². The molecule has 1 aromatic rings. The molecule has 1 aromatic carbocycles. The van der Waals surface area contributed by atoms with Gasteiger partial charge in [0, 0.05) is 24.7 Å². The molecule has 1 aliphatic rings. The maximum Gasteiger partial charge on any atom is 0.228 e. The molecule has 0 N–H and O–H groups in total. The van der Waals surface area contributed by atoms with Crippen molar-refractivity contribution in [3.05, 3.63) is 34.3 Å². The second-order valence-electron chi connectivity index (χ2n) is 5.00. The van der Waals surface area contributed by atoms with E-state index in [9.17, 15) is 4.79 Å². The Hall–Kier alpha value is -0.870. The van der Waals surface area contributed by atoms with Crippen LogP contribution in [0.15, 0.2) is 28.7 Å². The zero-order valence-corrected chi connectivity index (χ0v) is 13.0. The molecule has 104 valence electrons. The molecule has 0 spiro atoms. The summed E-state index contributed by atoms with van der Waals surface area (Å²) in [7, 11) is 1.87. The van der Waals surface area contributed by atoms with Crippen molar-refractivity contribution in [1.29, 1.82) is 0 Å². The Labute approximate surface area is 123 Å². The van der Waals surface area contributed by atoms with Gasteiger partial charge in [0.25, 0.3) is 0 Å². The second-order valence-corrected chi connectivity index (χ2v) is 5.85. The number of benzene rings is 1. The van der Waals surface area contributed by atoms with E-state index in [4.69, 9.17) is 4.74 Å². The predicted octanol–water partition coefficient (Wildman–Crippen LogP) is 3.22. The molecule has 1 heterocycles. The topological polar surface area (TPSA) is 29.5 Å². The summed E-state index contributed by atoms with van der Waals surface area (Å²) in [5, 5.41) is 0. The Morgan fingerprint density at radius 1 is 1.47 bits per heavy atom. The third-order valence-electron chi connectivity index (χ3n) is 3.67. The summed E-state index contributed by atoms with van der Waals surface area (Å²) in [4.78, 5) is 14.3. The van der Waals surface area contributed by atoms with Crippen molar-refractivity contribution in [2.75, 3.05) is 13.7 Å². The van der Waals surface area contributed by atoms with Gasteiger partial charge in [-0.3, -0.25) is 4.79 Å². The molecule has 1 saturated heterocycles. The summed E-state index contributed by atoms with van der Waals surface area (Å²) in [5.74, 6) is 0.220. The number of ether oxygens (including phenoxy) is 1. The van der Waals surface area contributed by atoms with E-state index in [0.29, 0.717) is 13.2 Å². The Balaban J connectivity index is 2.02. The molecular formula is C15H20BrNO2. The molecule has 1 amide bonds. The van der Waals surface area contributed by atoms with Crippen LogP contribution in [0.5, 0.6) is 0 Å². The number of hydrogen-bond acceptors (Lipinski definition) is 2. The highest BCUT2D eigenvalue weighted by molar-refractivity contribution is 9.10. The van der Waals surface area contributed by atoms with E-state index < -0.39 is 0 Å². The van der Waals surface area contributed by atoms with E-state index in [-0.39, 0.29) is 17.9 Å². The Bertz CT molecular complexity index is 450. The molecule has 4 heteroatoms. The fourth-order valence-electron chi connectivity index (χ4n) is 2.58. The first-order valence-corrected chi connectivity index (χ1v) is 7.52. The first-order valence-electron chi connectivity index (χ1n) is 6.73. The molecule has 0 aliphatic carbocycles. The zero-order chi connectivity index (χ0) is 13.8. The molecule has 0 bridgehead atoms. The van der Waals surface area contributed by atoms with Gasteiger partial charge in [-0.1, -0.05) is 41.1 Å². The van der Waals surface area contributed by atoms with Gasteiger partial charge in [-0.15, -0.1) is 0 Å². The standard InChI is InChI=1S/C15H20BrNO2/c1-3-14-12(8-9-19-14)15(18)17(2)10-11-6-4-5-7-13(11)16/h4-7,12,14H,3,8-10H2,1-2H3. The number of rotatable bonds is 4. The summed E-state index contributed by atoms with van der Waals surface area (Å²) >= 11 is 3.52. The van der Waals surface area contributed by atoms with Crippen molar-refractivity contribution in [2.45, 2.75) is 32.4 Å². The Kier molecular flexibility index (Phi) is 4.99. The molecule has 1 aliphatic heterocycles. The van der Waals surface area contributed by atoms with Gasteiger partial charge < -0.3 is 9.64 Å². The van der Waals surface area contributed by atoms with Crippen LogP contribution in [0.25, 0.3) is 0 Å². The van der Waals surface area contributed by atoms with Gasteiger partial charge in [-0.05, 0) is 24.5 Å². The molecule has 3 nitrogen and oxygen atoms in total. The van der Waals surface area contributed by atoms with Gasteiger partial charge in [0.1, 0.15) is 0 Å². The highest BCUT2D eigenvalue weighted by Crippen LogP contribution is 2.26. The molecule has 19 heavy (non-hydrogen) atoms. The summed E-state index contributed by atoms with van der Waals surface area (Å²) in [6, 6.07) is 8.01. The molecule has 2 atom stereocenters. The van der Waals surface area contributed by atoms with E-state index in [1.807, 2.05) is 36.2 Å². The van der Waals surface area contributed by atoms with Gasteiger partial charge in [0.15, 0.2) is 0 Å². The SMILES string of the molecule is CCC1OCCC1C(=O)N(C)Cc1ccccc1Br. The lowest BCUT2D eigenvalue weighted by atomic mass is 9.98. The van der Waals surface area contributed by atoms with Crippen LogP contribution in [0.2, 0.25) is 0 Å². The highest BCUT2D eigenvalue weighted by Gasteiger charge is 2.34. The van der Waals surface area contributed by atoms with E-state index in [1.54, 1.807) is 0 Å². The Morgan fingerprint density at radius 2 is 2.21 bits per heavy atom. The van der Waals surface area contributed by atoms with Crippen molar-refractivity contribution in [2.24, 2.45) is 5.92 Å². The van der Waals surface area contributed by atoms with E-state index in [2.05, 4.69) is 22.9 Å². The maximum atomic E-state index is 12.5. The fraction of sp³-hybridized carbons (Fsp3) is 0.533. The summed E-state index contributed by atoms with van der Waals surface area (Å²) in [6.07, 6.45) is 1.84. The number of carbonyl (C=O) groups is 1. The van der Waals surface area contributed by atoms with Crippen molar-refractivity contribution >= 4 is 21.8 Å². The monoisotopic (exact) mass is 325 g/mol. The lowest BCUT2D eigenvalue weighted by molar-refractivity contribution is -0.136. The minimum atomic E-state index is 0.0255. The minimum Gasteiger partial charge on any atom is -0.377 e. The first-order chi connectivity index (χ1) is 9.13. The van der Waals surface area contributed by atoms with Crippen molar-refractivity contribution in [3.8, 4) is 0 Å². The van der Waals surface area contributed by atoms with Crippen LogP contribution >= 0.6 is 15.9 Å². The molecule has 0 radical (unpaired) electrons. The van der Waals surface area contributed by atoms with Gasteiger partial charge in [0.2, 0.25) is 5.91 Å². The molecule has 1 fully saturated rings. The summed E-state index contributed by atoms with van der Waals surface area (Å²) in [5.41, 5.74) is 1.13.